The van der Waals surface area contributed by atoms with Gasteiger partial charge in [0.25, 0.3) is 0 Å². The van der Waals surface area contributed by atoms with Crippen molar-refractivity contribution in [3.8, 4) is 0 Å². The Kier molecular flexibility index (Phi) is 5.61. The van der Waals surface area contributed by atoms with Crippen molar-refractivity contribution in [1.29, 1.82) is 0 Å². The van der Waals surface area contributed by atoms with Gasteiger partial charge in [0.2, 0.25) is 15.9 Å². The molecule has 1 rings (SSSR count). The lowest BCUT2D eigenvalue weighted by Gasteiger charge is -2.16. The fourth-order valence-electron chi connectivity index (χ4n) is 1.45. The number of sulfonamides is 1. The van der Waals surface area contributed by atoms with E-state index in [4.69, 9.17) is 5.73 Å². The predicted octanol–water partition coefficient (Wildman–Crippen LogP) is -0.268. The summed E-state index contributed by atoms with van der Waals surface area (Å²) >= 11 is 0. The maximum absolute atomic E-state index is 12.1. The molecule has 0 aliphatic rings. The van der Waals surface area contributed by atoms with Gasteiger partial charge in [-0.25, -0.2) is 8.42 Å². The SMILES string of the molecule is CC(C)NC(=O)C(C)NS(=O)(=O)c1ccc(CN)nc1. The number of nitrogens with zero attached hydrogens (tertiary/aromatic N) is 1. The minimum atomic E-state index is -3.78. The van der Waals surface area contributed by atoms with Crippen LogP contribution in [-0.4, -0.2) is 31.4 Å². The lowest BCUT2D eigenvalue weighted by Crippen LogP contribution is -2.46. The molecule has 112 valence electrons. The molecule has 1 atom stereocenters. The zero-order chi connectivity index (χ0) is 15.3. The van der Waals surface area contributed by atoms with E-state index in [9.17, 15) is 13.2 Å². The summed E-state index contributed by atoms with van der Waals surface area (Å²) in [5, 5.41) is 2.64. The number of nitrogens with one attached hydrogen (secondary N) is 2. The number of carbonyl (C=O) groups is 1. The van der Waals surface area contributed by atoms with E-state index in [1.165, 1.54) is 25.3 Å². The van der Waals surface area contributed by atoms with E-state index in [0.29, 0.717) is 5.69 Å². The van der Waals surface area contributed by atoms with E-state index >= 15 is 0 Å². The second kappa shape index (κ2) is 6.78. The highest BCUT2D eigenvalue weighted by molar-refractivity contribution is 7.89. The maximum atomic E-state index is 12.1. The molecule has 0 bridgehead atoms. The summed E-state index contributed by atoms with van der Waals surface area (Å²) in [5.74, 6) is -0.380. The van der Waals surface area contributed by atoms with Crippen LogP contribution in [0.4, 0.5) is 0 Å². The molecule has 8 heteroatoms. The Balaban J connectivity index is 2.80. The third kappa shape index (κ3) is 4.55. The van der Waals surface area contributed by atoms with Crippen LogP contribution in [0.2, 0.25) is 0 Å². The molecule has 20 heavy (non-hydrogen) atoms. The number of carbonyl (C=O) groups excluding carboxylic acids is 1. The third-order valence-electron chi connectivity index (χ3n) is 2.47. The zero-order valence-electron chi connectivity index (χ0n) is 11.8. The van der Waals surface area contributed by atoms with Crippen molar-refractivity contribution in [2.75, 3.05) is 0 Å². The highest BCUT2D eigenvalue weighted by Crippen LogP contribution is 2.08. The molecule has 0 aliphatic carbocycles. The molecular weight excluding hydrogens is 280 g/mol. The van der Waals surface area contributed by atoms with Crippen molar-refractivity contribution in [3.05, 3.63) is 24.0 Å². The second-order valence-electron chi connectivity index (χ2n) is 4.70. The summed E-state index contributed by atoms with van der Waals surface area (Å²) in [6.45, 7) is 5.32. The van der Waals surface area contributed by atoms with E-state index in [1.807, 2.05) is 0 Å². The molecule has 1 unspecified atom stereocenters. The lowest BCUT2D eigenvalue weighted by atomic mass is 10.3. The number of aromatic nitrogens is 1. The Bertz CT molecular complexity index is 555. The molecule has 1 amide bonds. The summed E-state index contributed by atoms with van der Waals surface area (Å²) in [4.78, 5) is 15.6. The molecule has 0 aromatic carbocycles. The van der Waals surface area contributed by atoms with Crippen molar-refractivity contribution in [2.45, 2.75) is 44.3 Å². The fourth-order valence-corrected chi connectivity index (χ4v) is 2.60. The topological polar surface area (TPSA) is 114 Å². The van der Waals surface area contributed by atoms with Gasteiger partial charge in [0, 0.05) is 18.8 Å². The fraction of sp³-hybridized carbons (Fsp3) is 0.500. The summed E-state index contributed by atoms with van der Waals surface area (Å²) in [5.41, 5.74) is 5.99. The van der Waals surface area contributed by atoms with Gasteiger partial charge in [-0.15, -0.1) is 0 Å². The van der Waals surface area contributed by atoms with Crippen LogP contribution >= 0.6 is 0 Å². The normalized spacial score (nSPS) is 13.2. The first-order chi connectivity index (χ1) is 9.26. The molecule has 1 heterocycles. The number of nitrogens with two attached hydrogens (primary N) is 1. The Labute approximate surface area is 119 Å². The molecule has 0 radical (unpaired) electrons. The molecule has 7 nitrogen and oxygen atoms in total. The summed E-state index contributed by atoms with van der Waals surface area (Å²) in [6, 6.07) is 2.02. The van der Waals surface area contributed by atoms with E-state index in [1.54, 1.807) is 13.8 Å². The average molecular weight is 300 g/mol. The van der Waals surface area contributed by atoms with Crippen LogP contribution in [0.3, 0.4) is 0 Å². The average Bonchev–Trinajstić information content (AvgIpc) is 2.37. The summed E-state index contributed by atoms with van der Waals surface area (Å²) in [7, 11) is -3.78. The van der Waals surface area contributed by atoms with E-state index in [2.05, 4.69) is 15.0 Å². The first kappa shape index (κ1) is 16.5. The van der Waals surface area contributed by atoms with Gasteiger partial charge in [0.15, 0.2) is 0 Å². The molecular formula is C12H20N4O3S. The molecule has 4 N–H and O–H groups in total. The van der Waals surface area contributed by atoms with Gasteiger partial charge in [-0.05, 0) is 32.9 Å². The molecule has 0 aliphatic heterocycles. The van der Waals surface area contributed by atoms with Crippen molar-refractivity contribution >= 4 is 15.9 Å². The highest BCUT2D eigenvalue weighted by atomic mass is 32.2. The van der Waals surface area contributed by atoms with Crippen LogP contribution in [-0.2, 0) is 21.4 Å². The van der Waals surface area contributed by atoms with Crippen LogP contribution in [0.25, 0.3) is 0 Å². The standard InChI is InChI=1S/C12H20N4O3S/c1-8(2)15-12(17)9(3)16-20(18,19)11-5-4-10(6-13)14-7-11/h4-5,7-9,16H,6,13H2,1-3H3,(H,15,17). The summed E-state index contributed by atoms with van der Waals surface area (Å²) in [6.07, 6.45) is 1.22. The van der Waals surface area contributed by atoms with Crippen LogP contribution in [0.5, 0.6) is 0 Å². The number of hydrogen-bond donors (Lipinski definition) is 3. The number of rotatable bonds is 6. The molecule has 0 saturated carbocycles. The van der Waals surface area contributed by atoms with Crippen molar-refractivity contribution < 1.29 is 13.2 Å². The van der Waals surface area contributed by atoms with Crippen LogP contribution in [0.15, 0.2) is 23.2 Å². The number of amides is 1. The Morgan fingerprint density at radius 1 is 1.35 bits per heavy atom. The van der Waals surface area contributed by atoms with Gasteiger partial charge in [-0.1, -0.05) is 0 Å². The first-order valence-electron chi connectivity index (χ1n) is 6.24. The maximum Gasteiger partial charge on any atom is 0.242 e. The smallest absolute Gasteiger partial charge is 0.242 e. The quantitative estimate of drug-likeness (QED) is 0.669. The van der Waals surface area contributed by atoms with Crippen LogP contribution in [0, 0.1) is 0 Å². The molecule has 1 aromatic heterocycles. The molecule has 0 fully saturated rings. The molecule has 0 spiro atoms. The summed E-state index contributed by atoms with van der Waals surface area (Å²) < 4.78 is 26.4. The van der Waals surface area contributed by atoms with Crippen LogP contribution < -0.4 is 15.8 Å². The van der Waals surface area contributed by atoms with Gasteiger partial charge in [0.1, 0.15) is 4.90 Å². The number of pyridine rings is 1. The largest absolute Gasteiger partial charge is 0.353 e. The van der Waals surface area contributed by atoms with Crippen molar-refractivity contribution in [3.63, 3.8) is 0 Å². The first-order valence-corrected chi connectivity index (χ1v) is 7.72. The van der Waals surface area contributed by atoms with Gasteiger partial charge in [0.05, 0.1) is 11.7 Å². The third-order valence-corrected chi connectivity index (χ3v) is 4.00. The Hall–Kier alpha value is -1.51. The predicted molar refractivity (Wildman–Crippen MR) is 75.2 cm³/mol. The molecule has 0 saturated heterocycles. The van der Waals surface area contributed by atoms with Crippen molar-refractivity contribution in [1.82, 2.24) is 15.0 Å². The van der Waals surface area contributed by atoms with E-state index < -0.39 is 16.1 Å². The highest BCUT2D eigenvalue weighted by Gasteiger charge is 2.22. The number of hydrogen-bond acceptors (Lipinski definition) is 5. The minimum absolute atomic E-state index is 0.00102. The van der Waals surface area contributed by atoms with Crippen LogP contribution in [0.1, 0.15) is 26.5 Å². The molecule has 1 aromatic rings. The van der Waals surface area contributed by atoms with Crippen molar-refractivity contribution in [2.24, 2.45) is 5.73 Å². The van der Waals surface area contributed by atoms with E-state index in [0.717, 1.165) is 0 Å². The zero-order valence-corrected chi connectivity index (χ0v) is 12.6. The van der Waals surface area contributed by atoms with Gasteiger partial charge >= 0.3 is 0 Å². The van der Waals surface area contributed by atoms with Gasteiger partial charge < -0.3 is 11.1 Å². The van der Waals surface area contributed by atoms with E-state index in [-0.39, 0.29) is 23.4 Å². The van der Waals surface area contributed by atoms with Gasteiger partial charge in [-0.2, -0.15) is 4.72 Å². The minimum Gasteiger partial charge on any atom is -0.353 e. The second-order valence-corrected chi connectivity index (χ2v) is 6.41. The van der Waals surface area contributed by atoms with Gasteiger partial charge in [-0.3, -0.25) is 9.78 Å². The monoisotopic (exact) mass is 300 g/mol. The lowest BCUT2D eigenvalue weighted by molar-refractivity contribution is -0.122. The Morgan fingerprint density at radius 2 is 2.00 bits per heavy atom. The Morgan fingerprint density at radius 3 is 2.45 bits per heavy atom.